The van der Waals surface area contributed by atoms with Gasteiger partial charge in [0.2, 0.25) is 5.91 Å². The molecule has 2 aromatic rings. The van der Waals surface area contributed by atoms with E-state index in [2.05, 4.69) is 22.3 Å². The summed E-state index contributed by atoms with van der Waals surface area (Å²) in [6, 6.07) is 7.99. The van der Waals surface area contributed by atoms with Gasteiger partial charge in [-0.25, -0.2) is 0 Å². The van der Waals surface area contributed by atoms with Crippen molar-refractivity contribution in [1.29, 1.82) is 0 Å². The van der Waals surface area contributed by atoms with Crippen molar-refractivity contribution in [2.45, 2.75) is 25.9 Å². The minimum absolute atomic E-state index is 0.193. The molecular formula is C20H26N4O2. The number of rotatable bonds is 5. The smallest absolute Gasteiger partial charge is 0.230 e. The molecule has 2 fully saturated rings. The quantitative estimate of drug-likeness (QED) is 0.825. The molecule has 0 unspecified atom stereocenters. The summed E-state index contributed by atoms with van der Waals surface area (Å²) in [5.74, 6) is 1.15. The maximum atomic E-state index is 13.1. The lowest BCUT2D eigenvalue weighted by molar-refractivity contribution is -0.136. The molecule has 1 atom stereocenters. The van der Waals surface area contributed by atoms with Gasteiger partial charge in [-0.3, -0.25) is 14.4 Å². The van der Waals surface area contributed by atoms with Crippen LogP contribution in [0, 0.1) is 5.41 Å². The number of amides is 1. The second kappa shape index (κ2) is 6.76. The largest absolute Gasteiger partial charge is 0.497 e. The van der Waals surface area contributed by atoms with Crippen molar-refractivity contribution >= 4 is 5.91 Å². The van der Waals surface area contributed by atoms with Gasteiger partial charge in [0.15, 0.2) is 0 Å². The van der Waals surface area contributed by atoms with E-state index in [1.807, 2.05) is 41.0 Å². The Bertz CT molecular complexity index is 803. The standard InChI is InChI=1S/C20H26N4O2/c1-22-12-17(11-21-22)13-23-8-6-20(15-23)7-9-24(19(20)25)14-16-4-3-5-18(10-16)26-2/h3-5,10-12H,6-9,13-15H2,1-2H3/t20-/m1/s1. The lowest BCUT2D eigenvalue weighted by Gasteiger charge is -2.24. The molecule has 1 spiro atoms. The van der Waals surface area contributed by atoms with E-state index < -0.39 is 0 Å². The van der Waals surface area contributed by atoms with Gasteiger partial charge in [0.1, 0.15) is 5.75 Å². The molecular weight excluding hydrogens is 328 g/mol. The normalized spacial score (nSPS) is 23.3. The first-order valence-electron chi connectivity index (χ1n) is 9.20. The lowest BCUT2D eigenvalue weighted by Crippen LogP contribution is -2.36. The molecule has 6 nitrogen and oxygen atoms in total. The third-order valence-electron chi connectivity index (χ3n) is 5.71. The molecule has 2 aliphatic rings. The highest BCUT2D eigenvalue weighted by Crippen LogP contribution is 2.41. The molecule has 6 heteroatoms. The number of hydrogen-bond donors (Lipinski definition) is 0. The van der Waals surface area contributed by atoms with E-state index in [1.165, 1.54) is 5.56 Å². The topological polar surface area (TPSA) is 50.6 Å². The van der Waals surface area contributed by atoms with Crippen LogP contribution < -0.4 is 4.74 Å². The van der Waals surface area contributed by atoms with Crippen molar-refractivity contribution in [3.8, 4) is 5.75 Å². The fourth-order valence-corrected chi connectivity index (χ4v) is 4.32. The van der Waals surface area contributed by atoms with Crippen molar-refractivity contribution in [2.24, 2.45) is 12.5 Å². The Balaban J connectivity index is 1.40. The Morgan fingerprint density at radius 2 is 2.04 bits per heavy atom. The van der Waals surface area contributed by atoms with Gasteiger partial charge in [0, 0.05) is 45.0 Å². The molecule has 4 rings (SSSR count). The van der Waals surface area contributed by atoms with E-state index in [0.29, 0.717) is 12.5 Å². The van der Waals surface area contributed by atoms with Crippen LogP contribution in [0.15, 0.2) is 36.7 Å². The van der Waals surface area contributed by atoms with Crippen molar-refractivity contribution in [2.75, 3.05) is 26.7 Å². The number of likely N-dealkylation sites (tertiary alicyclic amines) is 2. The molecule has 1 aromatic carbocycles. The van der Waals surface area contributed by atoms with Crippen molar-refractivity contribution < 1.29 is 9.53 Å². The second-order valence-electron chi connectivity index (χ2n) is 7.59. The summed E-state index contributed by atoms with van der Waals surface area (Å²) in [7, 11) is 3.61. The van der Waals surface area contributed by atoms with Gasteiger partial charge in [-0.05, 0) is 37.1 Å². The Kier molecular flexibility index (Phi) is 4.44. The van der Waals surface area contributed by atoms with Gasteiger partial charge in [0.05, 0.1) is 18.7 Å². The second-order valence-corrected chi connectivity index (χ2v) is 7.59. The minimum Gasteiger partial charge on any atom is -0.497 e. The Hall–Kier alpha value is -2.34. The molecule has 1 amide bonds. The number of nitrogens with zero attached hydrogens (tertiary/aromatic N) is 4. The number of methoxy groups -OCH3 is 1. The molecule has 138 valence electrons. The number of aromatic nitrogens is 2. The molecule has 0 aliphatic carbocycles. The fraction of sp³-hybridized carbons (Fsp3) is 0.500. The predicted molar refractivity (Wildman–Crippen MR) is 98.6 cm³/mol. The molecule has 2 aliphatic heterocycles. The first-order chi connectivity index (χ1) is 12.6. The zero-order chi connectivity index (χ0) is 18.1. The summed E-state index contributed by atoms with van der Waals surface area (Å²) in [6.07, 6.45) is 5.88. The Morgan fingerprint density at radius 3 is 2.81 bits per heavy atom. The summed E-state index contributed by atoms with van der Waals surface area (Å²) in [6.45, 7) is 4.22. The first kappa shape index (κ1) is 17.1. The van der Waals surface area contributed by atoms with E-state index in [0.717, 1.165) is 50.3 Å². The lowest BCUT2D eigenvalue weighted by atomic mass is 9.85. The summed E-state index contributed by atoms with van der Waals surface area (Å²) in [5, 5.41) is 4.24. The highest BCUT2D eigenvalue weighted by Gasteiger charge is 2.50. The maximum absolute atomic E-state index is 13.1. The zero-order valence-corrected chi connectivity index (χ0v) is 15.5. The summed E-state index contributed by atoms with van der Waals surface area (Å²) >= 11 is 0. The average molecular weight is 354 g/mol. The number of ether oxygens (including phenoxy) is 1. The molecule has 0 N–H and O–H groups in total. The van der Waals surface area contributed by atoms with Crippen molar-refractivity contribution in [3.63, 3.8) is 0 Å². The van der Waals surface area contributed by atoms with E-state index in [9.17, 15) is 4.79 Å². The Labute approximate surface area is 154 Å². The first-order valence-corrected chi connectivity index (χ1v) is 9.20. The SMILES string of the molecule is COc1cccc(CN2CC[C@@]3(CCN(Cc4cnn(C)c4)C3)C2=O)c1. The van der Waals surface area contributed by atoms with Gasteiger partial charge < -0.3 is 9.64 Å². The van der Waals surface area contributed by atoms with E-state index in [1.54, 1.807) is 7.11 Å². The van der Waals surface area contributed by atoms with Gasteiger partial charge in [-0.2, -0.15) is 5.10 Å². The van der Waals surface area contributed by atoms with Crippen LogP contribution in [0.2, 0.25) is 0 Å². The van der Waals surface area contributed by atoms with Crippen molar-refractivity contribution in [3.05, 3.63) is 47.8 Å². The average Bonchev–Trinajstić information content (AvgIpc) is 3.32. The predicted octanol–water partition coefficient (Wildman–Crippen LogP) is 2.05. The molecule has 3 heterocycles. The fourth-order valence-electron chi connectivity index (χ4n) is 4.32. The van der Waals surface area contributed by atoms with Crippen LogP contribution >= 0.6 is 0 Å². The molecule has 2 saturated heterocycles. The number of benzene rings is 1. The van der Waals surface area contributed by atoms with Gasteiger partial charge in [0.25, 0.3) is 0 Å². The van der Waals surface area contributed by atoms with Crippen LogP contribution in [0.5, 0.6) is 5.75 Å². The van der Waals surface area contributed by atoms with Crippen LogP contribution in [0.25, 0.3) is 0 Å². The van der Waals surface area contributed by atoms with Crippen LogP contribution in [0.1, 0.15) is 24.0 Å². The molecule has 26 heavy (non-hydrogen) atoms. The number of aryl methyl sites for hydroxylation is 1. The number of hydrogen-bond acceptors (Lipinski definition) is 4. The Morgan fingerprint density at radius 1 is 1.19 bits per heavy atom. The highest BCUT2D eigenvalue weighted by atomic mass is 16.5. The third kappa shape index (κ3) is 3.21. The van der Waals surface area contributed by atoms with Crippen LogP contribution in [0.3, 0.4) is 0 Å². The summed E-state index contributed by atoms with van der Waals surface area (Å²) in [5.41, 5.74) is 2.14. The zero-order valence-electron chi connectivity index (χ0n) is 15.5. The minimum atomic E-state index is -0.193. The van der Waals surface area contributed by atoms with Crippen LogP contribution in [0.4, 0.5) is 0 Å². The van der Waals surface area contributed by atoms with Gasteiger partial charge in [-0.1, -0.05) is 12.1 Å². The van der Waals surface area contributed by atoms with E-state index in [4.69, 9.17) is 4.74 Å². The molecule has 0 saturated carbocycles. The number of carbonyl (C=O) groups is 1. The van der Waals surface area contributed by atoms with Crippen LogP contribution in [-0.4, -0.2) is 52.2 Å². The molecule has 1 aromatic heterocycles. The van der Waals surface area contributed by atoms with Gasteiger partial charge in [-0.15, -0.1) is 0 Å². The molecule has 0 radical (unpaired) electrons. The van der Waals surface area contributed by atoms with Crippen LogP contribution in [-0.2, 0) is 24.9 Å². The highest BCUT2D eigenvalue weighted by molar-refractivity contribution is 5.85. The number of carbonyl (C=O) groups excluding carboxylic acids is 1. The maximum Gasteiger partial charge on any atom is 0.230 e. The molecule has 0 bridgehead atoms. The summed E-state index contributed by atoms with van der Waals surface area (Å²) in [4.78, 5) is 17.6. The van der Waals surface area contributed by atoms with Gasteiger partial charge >= 0.3 is 0 Å². The van der Waals surface area contributed by atoms with E-state index >= 15 is 0 Å². The van der Waals surface area contributed by atoms with Crippen molar-refractivity contribution in [1.82, 2.24) is 19.6 Å². The monoisotopic (exact) mass is 354 g/mol. The summed E-state index contributed by atoms with van der Waals surface area (Å²) < 4.78 is 7.13. The third-order valence-corrected chi connectivity index (χ3v) is 5.71. The van der Waals surface area contributed by atoms with E-state index in [-0.39, 0.29) is 5.41 Å².